The minimum atomic E-state index is -0.967. The number of carbonyl (C=O) groups is 1. The Morgan fingerprint density at radius 1 is 1.21 bits per heavy atom. The van der Waals surface area contributed by atoms with Crippen LogP contribution in [0, 0.1) is 11.6 Å². The lowest BCUT2D eigenvalue weighted by Gasteiger charge is -2.06. The van der Waals surface area contributed by atoms with Gasteiger partial charge in [0.05, 0.1) is 5.69 Å². The summed E-state index contributed by atoms with van der Waals surface area (Å²) in [6, 6.07) is 4.96. The molecule has 0 aliphatic heterocycles. The third-order valence-corrected chi connectivity index (χ3v) is 2.63. The van der Waals surface area contributed by atoms with Crippen LogP contribution >= 0.6 is 11.6 Å². The molecule has 1 heterocycles. The van der Waals surface area contributed by atoms with E-state index in [1.807, 2.05) is 0 Å². The molecule has 98 valence electrons. The second kappa shape index (κ2) is 5.27. The molecule has 1 aromatic carbocycles. The number of hydrogen-bond donors (Lipinski definition) is 1. The van der Waals surface area contributed by atoms with E-state index >= 15 is 0 Å². The molecule has 4 nitrogen and oxygen atoms in total. The Morgan fingerprint density at radius 2 is 1.84 bits per heavy atom. The predicted molar refractivity (Wildman–Crippen MR) is 65.8 cm³/mol. The van der Waals surface area contributed by atoms with Gasteiger partial charge in [-0.25, -0.2) is 8.78 Å². The summed E-state index contributed by atoms with van der Waals surface area (Å²) in [6.45, 7) is 0. The highest BCUT2D eigenvalue weighted by Gasteiger charge is 2.18. The molecule has 0 bridgehead atoms. The van der Waals surface area contributed by atoms with E-state index < -0.39 is 23.1 Å². The second-order valence-electron chi connectivity index (χ2n) is 3.64. The second-order valence-corrected chi connectivity index (χ2v) is 4.02. The summed E-state index contributed by atoms with van der Waals surface area (Å²) in [4.78, 5) is 11.3. The van der Waals surface area contributed by atoms with Crippen molar-refractivity contribution in [3.8, 4) is 11.3 Å². The normalized spacial score (nSPS) is 10.3. The van der Waals surface area contributed by atoms with Gasteiger partial charge < -0.3 is 5.32 Å². The van der Waals surface area contributed by atoms with Gasteiger partial charge >= 0.3 is 0 Å². The van der Waals surface area contributed by atoms with Gasteiger partial charge in [0.25, 0.3) is 5.91 Å². The van der Waals surface area contributed by atoms with Crippen LogP contribution in [-0.4, -0.2) is 23.2 Å². The highest BCUT2D eigenvalue weighted by atomic mass is 35.5. The minimum Gasteiger partial charge on any atom is -0.355 e. The topological polar surface area (TPSA) is 54.9 Å². The highest BCUT2D eigenvalue weighted by molar-refractivity contribution is 6.29. The number of carbonyl (C=O) groups excluding carboxylic acids is 1. The fourth-order valence-corrected chi connectivity index (χ4v) is 1.63. The maximum atomic E-state index is 13.7. The smallest absolute Gasteiger partial charge is 0.256 e. The summed E-state index contributed by atoms with van der Waals surface area (Å²) in [7, 11) is 1.29. The molecule has 7 heteroatoms. The zero-order valence-corrected chi connectivity index (χ0v) is 10.5. The van der Waals surface area contributed by atoms with Crippen LogP contribution in [0.5, 0.6) is 0 Å². The van der Waals surface area contributed by atoms with Crippen LogP contribution in [0.15, 0.2) is 24.3 Å². The maximum absolute atomic E-state index is 13.7. The van der Waals surface area contributed by atoms with Gasteiger partial charge in [0.2, 0.25) is 0 Å². The first-order chi connectivity index (χ1) is 9.02. The van der Waals surface area contributed by atoms with Crippen LogP contribution in [0.1, 0.15) is 10.4 Å². The number of benzene rings is 1. The first-order valence-electron chi connectivity index (χ1n) is 5.23. The van der Waals surface area contributed by atoms with Crippen molar-refractivity contribution in [2.75, 3.05) is 7.05 Å². The number of hydrogen-bond acceptors (Lipinski definition) is 3. The summed E-state index contributed by atoms with van der Waals surface area (Å²) >= 11 is 5.57. The number of nitrogens with zero attached hydrogens (tertiary/aromatic N) is 2. The van der Waals surface area contributed by atoms with E-state index in [0.717, 1.165) is 12.1 Å². The quantitative estimate of drug-likeness (QED) is 0.921. The molecule has 2 rings (SSSR count). The van der Waals surface area contributed by atoms with Crippen molar-refractivity contribution in [3.63, 3.8) is 0 Å². The van der Waals surface area contributed by atoms with Crippen molar-refractivity contribution in [1.82, 2.24) is 15.5 Å². The average molecular weight is 284 g/mol. The summed E-state index contributed by atoms with van der Waals surface area (Å²) in [5.41, 5.74) is -0.203. The molecule has 0 saturated heterocycles. The van der Waals surface area contributed by atoms with Crippen molar-refractivity contribution >= 4 is 17.5 Å². The number of halogens is 3. The van der Waals surface area contributed by atoms with Gasteiger partial charge in [0.1, 0.15) is 17.2 Å². The van der Waals surface area contributed by atoms with Crippen LogP contribution in [-0.2, 0) is 0 Å². The molecule has 0 spiro atoms. The first kappa shape index (κ1) is 13.4. The Labute approximate surface area is 112 Å². The van der Waals surface area contributed by atoms with Gasteiger partial charge in [-0.2, -0.15) is 0 Å². The van der Waals surface area contributed by atoms with Gasteiger partial charge in [0, 0.05) is 12.6 Å². The van der Waals surface area contributed by atoms with E-state index in [4.69, 9.17) is 11.6 Å². The van der Waals surface area contributed by atoms with Crippen molar-refractivity contribution in [2.24, 2.45) is 0 Å². The maximum Gasteiger partial charge on any atom is 0.256 e. The molecule has 0 aliphatic carbocycles. The molecule has 2 aromatic rings. The fourth-order valence-electron chi connectivity index (χ4n) is 1.53. The van der Waals surface area contributed by atoms with Crippen LogP contribution in [0.4, 0.5) is 8.78 Å². The molecule has 0 saturated carbocycles. The summed E-state index contributed by atoms with van der Waals surface area (Å²) in [5.74, 6) is -2.76. The molecule has 1 N–H and O–H groups in total. The van der Waals surface area contributed by atoms with Crippen LogP contribution in [0.25, 0.3) is 11.3 Å². The molecular weight excluding hydrogens is 276 g/mol. The van der Waals surface area contributed by atoms with E-state index in [1.54, 1.807) is 0 Å². The average Bonchev–Trinajstić information content (AvgIpc) is 2.38. The summed E-state index contributed by atoms with van der Waals surface area (Å²) in [6.07, 6.45) is 0. The van der Waals surface area contributed by atoms with E-state index in [9.17, 15) is 13.6 Å². The zero-order valence-electron chi connectivity index (χ0n) is 9.75. The third kappa shape index (κ3) is 2.68. The number of nitrogens with one attached hydrogen (secondary N) is 1. The molecule has 0 radical (unpaired) electrons. The van der Waals surface area contributed by atoms with Crippen molar-refractivity contribution < 1.29 is 13.6 Å². The van der Waals surface area contributed by atoms with Gasteiger partial charge in [0.15, 0.2) is 5.15 Å². The van der Waals surface area contributed by atoms with E-state index in [-0.39, 0.29) is 16.4 Å². The molecule has 0 fully saturated rings. The van der Waals surface area contributed by atoms with Gasteiger partial charge in [-0.05, 0) is 24.3 Å². The SMILES string of the molecule is CNC(=O)c1c(F)cc(-c2ccc(Cl)nn2)cc1F. The zero-order chi connectivity index (χ0) is 14.0. The number of rotatable bonds is 2. The van der Waals surface area contributed by atoms with Crippen molar-refractivity contribution in [2.45, 2.75) is 0 Å². The summed E-state index contributed by atoms with van der Waals surface area (Å²) in [5, 5.41) is 9.63. The Hall–Kier alpha value is -2.08. The number of aromatic nitrogens is 2. The minimum absolute atomic E-state index is 0.173. The monoisotopic (exact) mass is 283 g/mol. The molecule has 1 aromatic heterocycles. The Morgan fingerprint density at radius 3 is 2.32 bits per heavy atom. The van der Waals surface area contributed by atoms with Crippen LogP contribution in [0.3, 0.4) is 0 Å². The predicted octanol–water partition coefficient (Wildman–Crippen LogP) is 2.43. The molecular formula is C12H8ClF2N3O. The largest absolute Gasteiger partial charge is 0.355 e. The Balaban J connectivity index is 2.51. The van der Waals surface area contributed by atoms with Crippen LogP contribution in [0.2, 0.25) is 5.15 Å². The molecule has 0 aliphatic rings. The standard InChI is InChI=1S/C12H8ClF2N3O/c1-16-12(19)11-7(14)4-6(5-8(11)15)9-2-3-10(13)18-17-9/h2-5H,1H3,(H,16,19). The molecule has 19 heavy (non-hydrogen) atoms. The first-order valence-corrected chi connectivity index (χ1v) is 5.61. The van der Waals surface area contributed by atoms with Crippen LogP contribution < -0.4 is 5.32 Å². The number of amides is 1. The van der Waals surface area contributed by atoms with Gasteiger partial charge in [-0.3, -0.25) is 4.79 Å². The molecule has 0 unspecified atom stereocenters. The van der Waals surface area contributed by atoms with E-state index in [2.05, 4.69) is 15.5 Å². The Kier molecular flexibility index (Phi) is 3.71. The lowest BCUT2D eigenvalue weighted by molar-refractivity contribution is 0.0955. The van der Waals surface area contributed by atoms with Gasteiger partial charge in [-0.15, -0.1) is 10.2 Å². The molecule has 1 amide bonds. The summed E-state index contributed by atoms with van der Waals surface area (Å²) < 4.78 is 27.5. The molecule has 0 atom stereocenters. The third-order valence-electron chi connectivity index (χ3n) is 2.42. The lowest BCUT2D eigenvalue weighted by Crippen LogP contribution is -2.21. The van der Waals surface area contributed by atoms with E-state index in [1.165, 1.54) is 19.2 Å². The highest BCUT2D eigenvalue weighted by Crippen LogP contribution is 2.23. The van der Waals surface area contributed by atoms with Crippen molar-refractivity contribution in [3.05, 3.63) is 46.6 Å². The lowest BCUT2D eigenvalue weighted by atomic mass is 10.1. The van der Waals surface area contributed by atoms with E-state index in [0.29, 0.717) is 0 Å². The Bertz CT molecular complexity index is 608. The van der Waals surface area contributed by atoms with Gasteiger partial charge in [-0.1, -0.05) is 11.6 Å². The van der Waals surface area contributed by atoms with Crippen molar-refractivity contribution in [1.29, 1.82) is 0 Å². The fraction of sp³-hybridized carbons (Fsp3) is 0.0833.